The van der Waals surface area contributed by atoms with Crippen LogP contribution in [0.3, 0.4) is 0 Å². The molecule has 0 spiro atoms. The van der Waals surface area contributed by atoms with Crippen LogP contribution in [0.1, 0.15) is 15.2 Å². The van der Waals surface area contributed by atoms with E-state index in [2.05, 4.69) is 5.32 Å². The van der Waals surface area contributed by atoms with Crippen molar-refractivity contribution in [2.75, 3.05) is 23.8 Å². The second-order valence-electron chi connectivity index (χ2n) is 6.86. The van der Waals surface area contributed by atoms with E-state index in [0.717, 1.165) is 15.6 Å². The number of ether oxygens (including phenoxy) is 2. The Morgan fingerprint density at radius 2 is 1.72 bits per heavy atom. The number of anilines is 2. The molecule has 4 rings (SSSR count). The Hall–Kier alpha value is -3.37. The molecule has 0 radical (unpaired) electrons. The van der Waals surface area contributed by atoms with E-state index in [0.29, 0.717) is 33.3 Å². The first kappa shape index (κ1) is 21.8. The largest absolute Gasteiger partial charge is 0.497 e. The van der Waals surface area contributed by atoms with Crippen molar-refractivity contribution in [3.8, 4) is 11.5 Å². The number of ketones is 1. The van der Waals surface area contributed by atoms with E-state index in [1.807, 2.05) is 0 Å². The maximum Gasteiger partial charge on any atom is 0.270 e. The van der Waals surface area contributed by atoms with Gasteiger partial charge in [-0.05, 0) is 29.1 Å². The van der Waals surface area contributed by atoms with Gasteiger partial charge in [-0.25, -0.2) is 12.8 Å². The Morgan fingerprint density at radius 3 is 2.34 bits per heavy atom. The number of halogens is 1. The Balaban J connectivity index is 1.73. The number of benzene rings is 2. The van der Waals surface area contributed by atoms with E-state index in [-0.39, 0.29) is 6.54 Å². The zero-order valence-corrected chi connectivity index (χ0v) is 18.8. The van der Waals surface area contributed by atoms with Gasteiger partial charge in [-0.3, -0.25) is 9.10 Å². The third-order valence-electron chi connectivity index (χ3n) is 4.87. The average Bonchev–Trinajstić information content (AvgIpc) is 3.27. The third kappa shape index (κ3) is 4.06. The van der Waals surface area contributed by atoms with Crippen LogP contribution in [-0.2, 0) is 16.6 Å². The molecule has 0 saturated heterocycles. The van der Waals surface area contributed by atoms with Gasteiger partial charge in [0.25, 0.3) is 10.0 Å². The van der Waals surface area contributed by atoms with Gasteiger partial charge in [0.2, 0.25) is 5.78 Å². The molecule has 1 aliphatic heterocycles. The number of hydrogen-bond donors (Lipinski definition) is 1. The van der Waals surface area contributed by atoms with Crippen LogP contribution in [0, 0.1) is 5.82 Å². The molecule has 1 aromatic heterocycles. The highest BCUT2D eigenvalue weighted by atomic mass is 32.2. The van der Waals surface area contributed by atoms with Gasteiger partial charge in [0.05, 0.1) is 26.5 Å². The molecule has 0 amide bonds. The summed E-state index contributed by atoms with van der Waals surface area (Å²) in [5.41, 5.74) is 1.38. The number of carbonyl (C=O) groups is 1. The number of carbonyl (C=O) groups excluding carboxylic acids is 1. The van der Waals surface area contributed by atoms with Gasteiger partial charge in [-0.2, -0.15) is 0 Å². The first-order chi connectivity index (χ1) is 15.3. The summed E-state index contributed by atoms with van der Waals surface area (Å²) in [6.45, 7) is -0.0377. The van der Waals surface area contributed by atoms with Gasteiger partial charge >= 0.3 is 0 Å². The summed E-state index contributed by atoms with van der Waals surface area (Å²) >= 11 is 1.16. The van der Waals surface area contributed by atoms with E-state index in [9.17, 15) is 17.6 Å². The number of thiophene rings is 1. The second kappa shape index (κ2) is 8.64. The highest BCUT2D eigenvalue weighted by Crippen LogP contribution is 2.39. The molecular formula is C22H19FN2O5S2. The van der Waals surface area contributed by atoms with Crippen molar-refractivity contribution in [1.29, 1.82) is 0 Å². The monoisotopic (exact) mass is 474 g/mol. The van der Waals surface area contributed by atoms with Crippen LogP contribution in [0.2, 0.25) is 0 Å². The predicted molar refractivity (Wildman–Crippen MR) is 121 cm³/mol. The number of nitrogens with zero attached hydrogens (tertiary/aromatic N) is 1. The molecule has 0 aliphatic carbocycles. The first-order valence-corrected chi connectivity index (χ1v) is 11.7. The Labute approximate surface area is 188 Å². The van der Waals surface area contributed by atoms with E-state index in [1.54, 1.807) is 29.6 Å². The van der Waals surface area contributed by atoms with Crippen molar-refractivity contribution < 1.29 is 27.1 Å². The molecule has 1 aliphatic rings. The molecule has 10 heteroatoms. The molecule has 0 saturated carbocycles. The lowest BCUT2D eigenvalue weighted by molar-refractivity contribution is 0.104. The number of hydrogen-bond acceptors (Lipinski definition) is 7. The minimum Gasteiger partial charge on any atom is -0.497 e. The van der Waals surface area contributed by atoms with Gasteiger partial charge < -0.3 is 14.8 Å². The summed E-state index contributed by atoms with van der Waals surface area (Å²) in [6.07, 6.45) is 1.17. The summed E-state index contributed by atoms with van der Waals surface area (Å²) in [4.78, 5) is 12.9. The lowest BCUT2D eigenvalue weighted by Gasteiger charge is -2.29. The van der Waals surface area contributed by atoms with Gasteiger partial charge in [0, 0.05) is 30.1 Å². The molecule has 7 nitrogen and oxygen atoms in total. The zero-order chi connectivity index (χ0) is 22.9. The number of Topliss-reactive ketones (excluding diaryl/α,β-unsaturated/α-hetero) is 1. The summed E-state index contributed by atoms with van der Waals surface area (Å²) < 4.78 is 51.7. The molecule has 0 fully saturated rings. The number of methoxy groups -OCH3 is 2. The quantitative estimate of drug-likeness (QED) is 0.534. The summed E-state index contributed by atoms with van der Waals surface area (Å²) in [5, 5.41) is 4.54. The molecule has 2 heterocycles. The third-order valence-corrected chi connectivity index (χ3v) is 7.54. The van der Waals surface area contributed by atoms with E-state index >= 15 is 0 Å². The Morgan fingerprint density at radius 1 is 1.06 bits per heavy atom. The van der Waals surface area contributed by atoms with Crippen molar-refractivity contribution in [3.63, 3.8) is 0 Å². The van der Waals surface area contributed by atoms with E-state index in [1.165, 1.54) is 44.7 Å². The van der Waals surface area contributed by atoms with Gasteiger partial charge in [-0.1, -0.05) is 12.1 Å². The number of allylic oxidation sites excluding steroid dienone is 1. The minimum absolute atomic E-state index is 0.0377. The van der Waals surface area contributed by atoms with Gasteiger partial charge in [0.1, 0.15) is 22.2 Å². The molecule has 0 bridgehead atoms. The van der Waals surface area contributed by atoms with Crippen molar-refractivity contribution >= 4 is 38.5 Å². The van der Waals surface area contributed by atoms with Gasteiger partial charge in [0.15, 0.2) is 4.91 Å². The van der Waals surface area contributed by atoms with Crippen LogP contribution in [-0.4, -0.2) is 28.4 Å². The fourth-order valence-electron chi connectivity index (χ4n) is 3.25. The fraction of sp³-hybridized carbons (Fsp3) is 0.136. The maximum absolute atomic E-state index is 13.4. The normalized spacial score (nSPS) is 16.0. The van der Waals surface area contributed by atoms with E-state index < -0.39 is 26.5 Å². The molecule has 0 unspecified atom stereocenters. The predicted octanol–water partition coefficient (Wildman–Crippen LogP) is 4.39. The summed E-state index contributed by atoms with van der Waals surface area (Å²) in [7, 11) is -1.18. The smallest absolute Gasteiger partial charge is 0.270 e. The molecule has 0 atom stereocenters. The average molecular weight is 475 g/mol. The van der Waals surface area contributed by atoms with Crippen LogP contribution >= 0.6 is 11.3 Å². The SMILES string of the molecule is COc1cc(NC=C2C(=O)c3sccc3N(Cc3ccc(F)cc3)S2(=O)=O)cc(OC)c1. The number of nitrogens with one attached hydrogen (secondary N) is 1. The van der Waals surface area contributed by atoms with Crippen molar-refractivity contribution in [3.05, 3.63) is 81.3 Å². The van der Waals surface area contributed by atoms with Crippen molar-refractivity contribution in [2.24, 2.45) is 0 Å². The molecular weight excluding hydrogens is 455 g/mol. The molecule has 2 aromatic carbocycles. The highest BCUT2D eigenvalue weighted by molar-refractivity contribution is 7.97. The Kier molecular flexibility index (Phi) is 5.90. The van der Waals surface area contributed by atoms with Crippen LogP contribution in [0.25, 0.3) is 0 Å². The fourth-order valence-corrected chi connectivity index (χ4v) is 5.73. The molecule has 3 aromatic rings. The standard InChI is InChI=1S/C22H19FN2O5S2/c1-29-17-9-16(10-18(11-17)30-2)24-12-20-21(26)22-19(7-8-31-22)25(32(20,27)28)13-14-3-5-15(23)6-4-14/h3-12,24H,13H2,1-2H3. The number of sulfonamides is 1. The highest BCUT2D eigenvalue weighted by Gasteiger charge is 2.41. The zero-order valence-electron chi connectivity index (χ0n) is 17.2. The van der Waals surface area contributed by atoms with Crippen LogP contribution in [0.4, 0.5) is 15.8 Å². The van der Waals surface area contributed by atoms with Crippen molar-refractivity contribution in [2.45, 2.75) is 6.54 Å². The maximum atomic E-state index is 13.4. The lowest BCUT2D eigenvalue weighted by atomic mass is 10.2. The molecule has 32 heavy (non-hydrogen) atoms. The van der Waals surface area contributed by atoms with Gasteiger partial charge in [-0.15, -0.1) is 11.3 Å². The van der Waals surface area contributed by atoms with Crippen LogP contribution in [0.5, 0.6) is 11.5 Å². The summed E-state index contributed by atoms with van der Waals surface area (Å²) in [5.74, 6) is -0.00372. The van der Waals surface area contributed by atoms with Crippen LogP contribution in [0.15, 0.2) is 65.0 Å². The molecule has 1 N–H and O–H groups in total. The minimum atomic E-state index is -4.17. The number of rotatable bonds is 6. The number of fused-ring (bicyclic) bond motifs is 1. The topological polar surface area (TPSA) is 84.9 Å². The van der Waals surface area contributed by atoms with Crippen molar-refractivity contribution in [1.82, 2.24) is 0 Å². The Bertz CT molecular complexity index is 1280. The van der Waals surface area contributed by atoms with Crippen LogP contribution < -0.4 is 19.1 Å². The lowest BCUT2D eigenvalue weighted by Crippen LogP contribution is -2.38. The van der Waals surface area contributed by atoms with E-state index in [4.69, 9.17) is 9.47 Å². The second-order valence-corrected chi connectivity index (χ2v) is 9.60. The molecule has 166 valence electrons. The first-order valence-electron chi connectivity index (χ1n) is 9.42. The summed E-state index contributed by atoms with van der Waals surface area (Å²) in [6, 6.07) is 12.1.